The maximum Gasteiger partial charge on any atom is 0.246 e. The summed E-state index contributed by atoms with van der Waals surface area (Å²) in [5, 5.41) is 5.59. The highest BCUT2D eigenvalue weighted by atomic mass is 19.1. The average molecular weight is 542 g/mol. The van der Waals surface area contributed by atoms with E-state index in [2.05, 4.69) is 21.9 Å². The third-order valence-corrected chi connectivity index (χ3v) is 7.85. The lowest BCUT2D eigenvalue weighted by atomic mass is 9.92. The van der Waals surface area contributed by atoms with Gasteiger partial charge in [0.25, 0.3) is 0 Å². The van der Waals surface area contributed by atoms with Crippen molar-refractivity contribution in [3.05, 3.63) is 72.8 Å². The van der Waals surface area contributed by atoms with Gasteiger partial charge in [0.15, 0.2) is 5.65 Å². The number of hydrogen-bond donors (Lipinski definition) is 1. The van der Waals surface area contributed by atoms with Crippen LogP contribution in [0.1, 0.15) is 31.7 Å². The minimum absolute atomic E-state index is 0.0178. The molecule has 10 heteroatoms. The summed E-state index contributed by atoms with van der Waals surface area (Å²) in [6, 6.07) is 14.0. The maximum atomic E-state index is 13.5. The Labute approximate surface area is 232 Å². The van der Waals surface area contributed by atoms with Crippen LogP contribution in [0.15, 0.2) is 67.0 Å². The van der Waals surface area contributed by atoms with Crippen molar-refractivity contribution in [1.29, 1.82) is 0 Å². The molecule has 2 aliphatic rings. The Balaban J connectivity index is 1.19. The molecule has 40 heavy (non-hydrogen) atoms. The van der Waals surface area contributed by atoms with E-state index in [1.165, 1.54) is 37.7 Å². The zero-order valence-electron chi connectivity index (χ0n) is 22.4. The second-order valence-electron chi connectivity index (χ2n) is 10.5. The standard InChI is InChI=1S/C30H32FN7O2/c1-36(22-6-3-7-22)15-4-9-26(39)37-16-14-23(18-37)38-30-27(29(32)33-19-34-30)28(35-38)20-10-12-24(13-11-20)40-25-8-2-5-21(31)17-25/h2,4-5,8-13,17,19,22-23H,3,6-7,14-16,18H2,1H3,(H2,32,33,34). The number of nitrogens with zero attached hydrogens (tertiary/aromatic N) is 6. The molecule has 3 heterocycles. The summed E-state index contributed by atoms with van der Waals surface area (Å²) >= 11 is 0. The zero-order valence-corrected chi connectivity index (χ0v) is 22.4. The van der Waals surface area contributed by atoms with Crippen LogP contribution in [0.3, 0.4) is 0 Å². The van der Waals surface area contributed by atoms with Crippen LogP contribution in [0.2, 0.25) is 0 Å². The predicted molar refractivity (Wildman–Crippen MR) is 151 cm³/mol. The highest BCUT2D eigenvalue weighted by molar-refractivity contribution is 5.98. The van der Waals surface area contributed by atoms with E-state index in [4.69, 9.17) is 15.6 Å². The molecule has 0 bridgehead atoms. The number of likely N-dealkylation sites (tertiary alicyclic amines) is 1. The molecule has 2 fully saturated rings. The minimum atomic E-state index is -0.360. The van der Waals surface area contributed by atoms with E-state index in [0.717, 1.165) is 18.5 Å². The molecule has 1 atom stereocenters. The molecule has 1 aliphatic heterocycles. The van der Waals surface area contributed by atoms with Crippen LogP contribution in [-0.2, 0) is 4.79 Å². The molecule has 4 aromatic rings. The van der Waals surface area contributed by atoms with Crippen molar-refractivity contribution >= 4 is 22.8 Å². The van der Waals surface area contributed by atoms with E-state index < -0.39 is 0 Å². The van der Waals surface area contributed by atoms with Gasteiger partial charge in [-0.05, 0) is 62.7 Å². The summed E-state index contributed by atoms with van der Waals surface area (Å²) in [7, 11) is 2.11. The molecular formula is C30H32FN7O2. The van der Waals surface area contributed by atoms with Crippen LogP contribution in [0.4, 0.5) is 10.2 Å². The van der Waals surface area contributed by atoms with E-state index >= 15 is 0 Å². The first-order valence-electron chi connectivity index (χ1n) is 13.6. The van der Waals surface area contributed by atoms with Gasteiger partial charge in [-0.15, -0.1) is 0 Å². The highest BCUT2D eigenvalue weighted by Crippen LogP contribution is 2.35. The van der Waals surface area contributed by atoms with Crippen LogP contribution in [-0.4, -0.2) is 68.2 Å². The Morgan fingerprint density at radius 2 is 1.98 bits per heavy atom. The molecule has 1 saturated carbocycles. The number of halogens is 1. The monoisotopic (exact) mass is 541 g/mol. The topological polar surface area (TPSA) is 102 Å². The summed E-state index contributed by atoms with van der Waals surface area (Å²) in [6.07, 6.45) is 9.64. The largest absolute Gasteiger partial charge is 0.457 e. The van der Waals surface area contributed by atoms with E-state index in [1.807, 2.05) is 27.8 Å². The molecule has 9 nitrogen and oxygen atoms in total. The lowest BCUT2D eigenvalue weighted by Gasteiger charge is -2.33. The van der Waals surface area contributed by atoms with Gasteiger partial charge >= 0.3 is 0 Å². The van der Waals surface area contributed by atoms with Crippen LogP contribution < -0.4 is 10.5 Å². The quantitative estimate of drug-likeness (QED) is 0.319. The molecule has 6 rings (SSSR count). The lowest BCUT2D eigenvalue weighted by Crippen LogP contribution is -2.37. The van der Waals surface area contributed by atoms with Gasteiger partial charge in [0.05, 0.1) is 11.4 Å². The number of fused-ring (bicyclic) bond motifs is 1. The third-order valence-electron chi connectivity index (χ3n) is 7.85. The van der Waals surface area contributed by atoms with Crippen molar-refractivity contribution in [3.63, 3.8) is 0 Å². The first-order valence-corrected chi connectivity index (χ1v) is 13.6. The highest BCUT2D eigenvalue weighted by Gasteiger charge is 2.30. The van der Waals surface area contributed by atoms with Crippen LogP contribution in [0.5, 0.6) is 11.5 Å². The number of aromatic nitrogens is 4. The first kappa shape index (κ1) is 25.9. The summed E-state index contributed by atoms with van der Waals surface area (Å²) in [6.45, 7) is 1.97. The molecule has 2 aromatic heterocycles. The van der Waals surface area contributed by atoms with Gasteiger partial charge in [0.2, 0.25) is 5.91 Å². The van der Waals surface area contributed by atoms with Crippen LogP contribution in [0.25, 0.3) is 22.3 Å². The Kier molecular flexibility index (Phi) is 7.17. The number of anilines is 1. The summed E-state index contributed by atoms with van der Waals surface area (Å²) in [5.74, 6) is 0.987. The number of nitrogens with two attached hydrogens (primary N) is 1. The van der Waals surface area contributed by atoms with Crippen molar-refractivity contribution in [2.24, 2.45) is 0 Å². The molecule has 1 amide bonds. The zero-order chi connectivity index (χ0) is 27.6. The fourth-order valence-corrected chi connectivity index (χ4v) is 5.34. The normalized spacial score (nSPS) is 17.7. The number of benzene rings is 2. The molecular weight excluding hydrogens is 509 g/mol. The molecule has 2 aromatic carbocycles. The number of likely N-dealkylation sites (N-methyl/N-ethyl adjacent to an activating group) is 1. The Bertz CT molecular complexity index is 1550. The molecule has 2 N–H and O–H groups in total. The van der Waals surface area contributed by atoms with Gasteiger partial charge in [0, 0.05) is 43.4 Å². The fourth-order valence-electron chi connectivity index (χ4n) is 5.34. The van der Waals surface area contributed by atoms with Crippen LogP contribution in [0, 0.1) is 5.82 Å². The lowest BCUT2D eigenvalue weighted by molar-refractivity contribution is -0.125. The number of rotatable bonds is 8. The number of amides is 1. The molecule has 1 saturated heterocycles. The predicted octanol–water partition coefficient (Wildman–Crippen LogP) is 4.82. The minimum Gasteiger partial charge on any atom is -0.457 e. The molecule has 206 valence electrons. The van der Waals surface area contributed by atoms with Gasteiger partial charge < -0.3 is 15.4 Å². The first-order chi connectivity index (χ1) is 19.5. The van der Waals surface area contributed by atoms with Gasteiger partial charge in [-0.3, -0.25) is 9.69 Å². The third kappa shape index (κ3) is 5.27. The molecule has 0 spiro atoms. The number of carbonyl (C=O) groups is 1. The summed E-state index contributed by atoms with van der Waals surface area (Å²) in [5.41, 5.74) is 8.42. The van der Waals surface area contributed by atoms with Gasteiger partial charge in [-0.2, -0.15) is 5.10 Å². The summed E-state index contributed by atoms with van der Waals surface area (Å²) in [4.78, 5) is 25.8. The smallest absolute Gasteiger partial charge is 0.246 e. The number of ether oxygens (including phenoxy) is 1. The van der Waals surface area contributed by atoms with Crippen molar-refractivity contribution in [1.82, 2.24) is 29.5 Å². The van der Waals surface area contributed by atoms with Gasteiger partial charge in [-0.25, -0.2) is 19.0 Å². The Hall–Kier alpha value is -4.31. The SMILES string of the molecule is CN(CC=CC(=O)N1CCC(n2nc(-c3ccc(Oc4cccc(F)c4)cc3)c3c(N)ncnc32)C1)C1CCC1. The van der Waals surface area contributed by atoms with Crippen molar-refractivity contribution in [3.8, 4) is 22.8 Å². The maximum absolute atomic E-state index is 13.5. The van der Waals surface area contributed by atoms with E-state index in [9.17, 15) is 9.18 Å². The Morgan fingerprint density at radius 3 is 2.73 bits per heavy atom. The van der Waals surface area contributed by atoms with E-state index in [-0.39, 0.29) is 17.8 Å². The van der Waals surface area contributed by atoms with Crippen molar-refractivity contribution in [2.75, 3.05) is 32.4 Å². The van der Waals surface area contributed by atoms with Crippen molar-refractivity contribution in [2.45, 2.75) is 37.8 Å². The number of carbonyl (C=O) groups excluding carboxylic acids is 1. The van der Waals surface area contributed by atoms with Crippen LogP contribution >= 0.6 is 0 Å². The second kappa shape index (κ2) is 11.1. The molecule has 0 radical (unpaired) electrons. The summed E-state index contributed by atoms with van der Waals surface area (Å²) < 4.78 is 21.2. The van der Waals surface area contributed by atoms with E-state index in [1.54, 1.807) is 30.3 Å². The second-order valence-corrected chi connectivity index (χ2v) is 10.5. The molecule has 1 unspecified atom stereocenters. The van der Waals surface area contributed by atoms with E-state index in [0.29, 0.717) is 53.2 Å². The van der Waals surface area contributed by atoms with Gasteiger partial charge in [0.1, 0.15) is 35.2 Å². The van der Waals surface area contributed by atoms with Gasteiger partial charge in [-0.1, -0.05) is 18.6 Å². The average Bonchev–Trinajstić information content (AvgIpc) is 3.54. The number of hydrogen-bond acceptors (Lipinski definition) is 7. The molecule has 1 aliphatic carbocycles. The Morgan fingerprint density at radius 1 is 1.15 bits per heavy atom. The van der Waals surface area contributed by atoms with Crippen molar-refractivity contribution < 1.29 is 13.9 Å². The fraction of sp³-hybridized carbons (Fsp3) is 0.333. The number of nitrogen functional groups attached to an aromatic ring is 1.